The number of amides is 1. The Bertz CT molecular complexity index is 415. The topological polar surface area (TPSA) is 41.1 Å². The molecule has 1 aliphatic carbocycles. The van der Waals surface area contributed by atoms with Crippen LogP contribution in [0.2, 0.25) is 0 Å². The van der Waals surface area contributed by atoms with Crippen molar-refractivity contribution in [3.8, 4) is 0 Å². The zero-order valence-corrected chi connectivity index (χ0v) is 10.5. The number of likely N-dealkylation sites (N-methyl/N-ethyl adjacent to an activating group) is 1. The van der Waals surface area contributed by atoms with Crippen molar-refractivity contribution < 1.29 is 4.79 Å². The van der Waals surface area contributed by atoms with E-state index in [1.54, 1.807) is 0 Å². The monoisotopic (exact) mass is 232 g/mol. The first-order valence-corrected chi connectivity index (χ1v) is 6.30. The first kappa shape index (κ1) is 12.1. The number of rotatable bonds is 4. The first-order chi connectivity index (χ1) is 8.20. The van der Waals surface area contributed by atoms with Crippen LogP contribution in [0, 0.1) is 6.92 Å². The Labute approximate surface area is 103 Å². The number of carbonyl (C=O) groups excluding carboxylic acids is 1. The summed E-state index contributed by atoms with van der Waals surface area (Å²) < 4.78 is 0. The largest absolute Gasteiger partial charge is 0.355 e. The van der Waals surface area contributed by atoms with Crippen molar-refractivity contribution in [2.75, 3.05) is 13.1 Å². The molecule has 1 aromatic rings. The van der Waals surface area contributed by atoms with Gasteiger partial charge in [0.25, 0.3) is 0 Å². The van der Waals surface area contributed by atoms with Crippen LogP contribution in [0.25, 0.3) is 0 Å². The van der Waals surface area contributed by atoms with Crippen molar-refractivity contribution in [3.63, 3.8) is 0 Å². The maximum absolute atomic E-state index is 11.4. The lowest BCUT2D eigenvalue weighted by Crippen LogP contribution is -2.35. The van der Waals surface area contributed by atoms with Gasteiger partial charge in [-0.05, 0) is 37.8 Å². The third-order valence-electron chi connectivity index (χ3n) is 3.26. The number of hydrogen-bond donors (Lipinski definition) is 2. The molecule has 0 aromatic heterocycles. The van der Waals surface area contributed by atoms with E-state index in [4.69, 9.17) is 0 Å². The summed E-state index contributed by atoms with van der Waals surface area (Å²) in [5.74, 6) is 0.0774. The Kier molecular flexibility index (Phi) is 3.79. The van der Waals surface area contributed by atoms with Gasteiger partial charge in [-0.25, -0.2) is 0 Å². The van der Waals surface area contributed by atoms with Crippen LogP contribution in [0.15, 0.2) is 18.2 Å². The van der Waals surface area contributed by atoms with Crippen LogP contribution in [-0.4, -0.2) is 19.0 Å². The second-order valence-electron chi connectivity index (χ2n) is 4.63. The van der Waals surface area contributed by atoms with Crippen molar-refractivity contribution in [2.45, 2.75) is 32.7 Å². The molecule has 3 nitrogen and oxygen atoms in total. The van der Waals surface area contributed by atoms with Crippen molar-refractivity contribution in [1.82, 2.24) is 10.6 Å². The fourth-order valence-corrected chi connectivity index (χ4v) is 2.41. The highest BCUT2D eigenvalue weighted by atomic mass is 16.1. The normalized spacial score (nSPS) is 17.9. The minimum absolute atomic E-state index is 0.0774. The van der Waals surface area contributed by atoms with Crippen LogP contribution in [-0.2, 0) is 11.2 Å². The molecule has 0 radical (unpaired) electrons. The highest BCUT2D eigenvalue weighted by Crippen LogP contribution is 2.31. The molecule has 0 aliphatic heterocycles. The molecule has 1 aromatic carbocycles. The van der Waals surface area contributed by atoms with Crippen LogP contribution in [0.1, 0.15) is 36.1 Å². The maximum Gasteiger partial charge on any atom is 0.233 e. The van der Waals surface area contributed by atoms with Gasteiger partial charge in [-0.15, -0.1) is 0 Å². The summed E-state index contributed by atoms with van der Waals surface area (Å²) in [5, 5.41) is 6.14. The van der Waals surface area contributed by atoms with E-state index in [1.165, 1.54) is 16.7 Å². The van der Waals surface area contributed by atoms with Gasteiger partial charge >= 0.3 is 0 Å². The van der Waals surface area contributed by atoms with Gasteiger partial charge in [0.15, 0.2) is 0 Å². The lowest BCUT2D eigenvalue weighted by molar-refractivity contribution is -0.120. The molecule has 1 aliphatic rings. The van der Waals surface area contributed by atoms with Crippen LogP contribution in [0.3, 0.4) is 0 Å². The van der Waals surface area contributed by atoms with Crippen molar-refractivity contribution >= 4 is 5.91 Å². The molecule has 0 bridgehead atoms. The predicted molar refractivity (Wildman–Crippen MR) is 68.9 cm³/mol. The fourth-order valence-electron chi connectivity index (χ4n) is 2.41. The van der Waals surface area contributed by atoms with Crippen molar-refractivity contribution in [1.29, 1.82) is 0 Å². The average Bonchev–Trinajstić information content (AvgIpc) is 2.69. The van der Waals surface area contributed by atoms with E-state index in [1.807, 2.05) is 6.92 Å². The minimum atomic E-state index is 0.0774. The number of hydrogen-bond acceptors (Lipinski definition) is 2. The van der Waals surface area contributed by atoms with Crippen molar-refractivity contribution in [2.24, 2.45) is 0 Å². The predicted octanol–water partition coefficient (Wildman–Crippen LogP) is 1.71. The molecule has 0 fully saturated rings. The molecule has 0 saturated heterocycles. The average molecular weight is 232 g/mol. The van der Waals surface area contributed by atoms with Crippen LogP contribution in [0.4, 0.5) is 0 Å². The fraction of sp³-hybridized carbons (Fsp3) is 0.500. The SMILES string of the molecule is CCNC(=O)CNC1CCc2ccc(C)cc21. The third kappa shape index (κ3) is 2.86. The Morgan fingerprint density at radius 1 is 1.47 bits per heavy atom. The highest BCUT2D eigenvalue weighted by molar-refractivity contribution is 5.78. The lowest BCUT2D eigenvalue weighted by Gasteiger charge is -2.14. The molecule has 92 valence electrons. The van der Waals surface area contributed by atoms with E-state index in [-0.39, 0.29) is 5.91 Å². The van der Waals surface area contributed by atoms with Gasteiger partial charge < -0.3 is 10.6 Å². The second kappa shape index (κ2) is 5.32. The number of nitrogens with one attached hydrogen (secondary N) is 2. The quantitative estimate of drug-likeness (QED) is 0.829. The van der Waals surface area contributed by atoms with Crippen molar-refractivity contribution in [3.05, 3.63) is 34.9 Å². The third-order valence-corrected chi connectivity index (χ3v) is 3.26. The van der Waals surface area contributed by atoms with E-state index in [9.17, 15) is 4.79 Å². The molecule has 17 heavy (non-hydrogen) atoms. The van der Waals surface area contributed by atoms with E-state index in [2.05, 4.69) is 35.8 Å². The molecule has 2 N–H and O–H groups in total. The standard InChI is InChI=1S/C14H20N2O/c1-3-15-14(17)9-16-13-7-6-11-5-4-10(2)8-12(11)13/h4-5,8,13,16H,3,6-7,9H2,1-2H3,(H,15,17). The van der Waals surface area contributed by atoms with Gasteiger partial charge in [0.1, 0.15) is 0 Å². The molecule has 3 heteroatoms. The molecular weight excluding hydrogens is 212 g/mol. The van der Waals surface area contributed by atoms with E-state index < -0.39 is 0 Å². The summed E-state index contributed by atoms with van der Waals surface area (Å²) in [6, 6.07) is 6.94. The second-order valence-corrected chi connectivity index (χ2v) is 4.63. The summed E-state index contributed by atoms with van der Waals surface area (Å²) >= 11 is 0. The summed E-state index contributed by atoms with van der Waals surface area (Å²) in [4.78, 5) is 11.4. The van der Waals surface area contributed by atoms with Gasteiger partial charge in [0.05, 0.1) is 6.54 Å². The molecule has 1 amide bonds. The Balaban J connectivity index is 1.97. The molecule has 1 unspecified atom stereocenters. The molecule has 2 rings (SSSR count). The molecule has 0 heterocycles. The first-order valence-electron chi connectivity index (χ1n) is 6.30. The lowest BCUT2D eigenvalue weighted by atomic mass is 10.1. The van der Waals surface area contributed by atoms with E-state index in [0.717, 1.165) is 12.8 Å². The zero-order valence-electron chi connectivity index (χ0n) is 10.5. The van der Waals surface area contributed by atoms with Gasteiger partial charge in [-0.1, -0.05) is 23.8 Å². The Morgan fingerprint density at radius 2 is 2.29 bits per heavy atom. The zero-order chi connectivity index (χ0) is 12.3. The smallest absolute Gasteiger partial charge is 0.233 e. The van der Waals surface area contributed by atoms with Crippen LogP contribution < -0.4 is 10.6 Å². The summed E-state index contributed by atoms with van der Waals surface area (Å²) in [6.07, 6.45) is 2.21. The van der Waals surface area contributed by atoms with Gasteiger partial charge in [-0.2, -0.15) is 0 Å². The minimum Gasteiger partial charge on any atom is -0.355 e. The van der Waals surface area contributed by atoms with Gasteiger partial charge in [-0.3, -0.25) is 4.79 Å². The molecule has 0 saturated carbocycles. The van der Waals surface area contributed by atoms with Gasteiger partial charge in [0.2, 0.25) is 5.91 Å². The van der Waals surface area contributed by atoms with E-state index in [0.29, 0.717) is 19.1 Å². The highest BCUT2D eigenvalue weighted by Gasteiger charge is 2.22. The molecular formula is C14H20N2O. The summed E-state index contributed by atoms with van der Waals surface area (Å²) in [7, 11) is 0. The number of fused-ring (bicyclic) bond motifs is 1. The summed E-state index contributed by atoms with van der Waals surface area (Å²) in [5.41, 5.74) is 4.08. The number of carbonyl (C=O) groups is 1. The maximum atomic E-state index is 11.4. The Hall–Kier alpha value is -1.35. The number of aryl methyl sites for hydroxylation is 2. The molecule has 1 atom stereocenters. The van der Waals surface area contributed by atoms with Crippen LogP contribution >= 0.6 is 0 Å². The Morgan fingerprint density at radius 3 is 3.06 bits per heavy atom. The van der Waals surface area contributed by atoms with Gasteiger partial charge in [0, 0.05) is 12.6 Å². The summed E-state index contributed by atoms with van der Waals surface area (Å²) in [6.45, 7) is 5.15. The number of benzene rings is 1. The van der Waals surface area contributed by atoms with E-state index >= 15 is 0 Å². The van der Waals surface area contributed by atoms with Crippen LogP contribution in [0.5, 0.6) is 0 Å². The molecule has 0 spiro atoms.